The van der Waals surface area contributed by atoms with Gasteiger partial charge in [0.2, 0.25) is 0 Å². The van der Waals surface area contributed by atoms with E-state index < -0.39 is 6.10 Å². The number of nitrogens with one attached hydrogen (secondary N) is 2. The molecule has 2 heterocycles. The minimum atomic E-state index is -0.520. The van der Waals surface area contributed by atoms with Crippen LogP contribution in [0, 0.1) is 12.3 Å². The minimum absolute atomic E-state index is 0.0879. The largest absolute Gasteiger partial charge is 0.392 e. The standard InChI is InChI=1S/C24H34N4O3/c1-15-9-18(12-26-23(15)30)22-27-19-10-17(7-8-21(19)28(22)6)11-25-20(16(2)29)13-31-14-24(3,4)5/h7-10,12,16,20,25,29H,11,13-14H2,1-6H3,(H,26,30)/t16-,20?/m1/s1. The number of aryl methyl sites for hydroxylation is 2. The van der Waals surface area contributed by atoms with Crippen LogP contribution in [0.1, 0.15) is 38.8 Å². The lowest BCUT2D eigenvalue weighted by Gasteiger charge is -2.24. The molecule has 168 valence electrons. The van der Waals surface area contributed by atoms with E-state index in [1.54, 1.807) is 20.0 Å². The summed E-state index contributed by atoms with van der Waals surface area (Å²) in [5.74, 6) is 0.803. The molecule has 0 aliphatic rings. The van der Waals surface area contributed by atoms with Gasteiger partial charge < -0.3 is 24.7 Å². The minimum Gasteiger partial charge on any atom is -0.392 e. The van der Waals surface area contributed by atoms with Gasteiger partial charge in [0.15, 0.2) is 0 Å². The number of H-pyrrole nitrogens is 1. The maximum Gasteiger partial charge on any atom is 0.250 e. The molecule has 31 heavy (non-hydrogen) atoms. The van der Waals surface area contributed by atoms with E-state index in [2.05, 4.69) is 49.3 Å². The van der Waals surface area contributed by atoms with Gasteiger partial charge in [0, 0.05) is 30.9 Å². The van der Waals surface area contributed by atoms with Gasteiger partial charge >= 0.3 is 0 Å². The van der Waals surface area contributed by atoms with E-state index in [-0.39, 0.29) is 17.0 Å². The Hall–Kier alpha value is -2.48. The number of hydrogen-bond acceptors (Lipinski definition) is 5. The number of aliphatic hydroxyl groups excluding tert-OH is 1. The molecule has 3 rings (SSSR count). The molecule has 3 N–H and O–H groups in total. The van der Waals surface area contributed by atoms with Crippen LogP contribution in [0.15, 0.2) is 35.3 Å². The molecule has 1 unspecified atom stereocenters. The second-order valence-corrected chi connectivity index (χ2v) is 9.52. The molecule has 0 radical (unpaired) electrons. The van der Waals surface area contributed by atoms with Crippen molar-refractivity contribution in [1.29, 1.82) is 0 Å². The highest BCUT2D eigenvalue weighted by atomic mass is 16.5. The maximum atomic E-state index is 11.7. The fraction of sp³-hybridized carbons (Fsp3) is 0.500. The highest BCUT2D eigenvalue weighted by Crippen LogP contribution is 2.24. The molecule has 2 aromatic heterocycles. The van der Waals surface area contributed by atoms with Crippen LogP contribution in [0.4, 0.5) is 0 Å². The summed E-state index contributed by atoms with van der Waals surface area (Å²) >= 11 is 0. The molecule has 0 saturated heterocycles. The number of imidazole rings is 1. The molecular formula is C24H34N4O3. The van der Waals surface area contributed by atoms with Crippen molar-refractivity contribution in [2.75, 3.05) is 13.2 Å². The summed E-state index contributed by atoms with van der Waals surface area (Å²) in [6, 6.07) is 7.87. The van der Waals surface area contributed by atoms with E-state index in [9.17, 15) is 9.90 Å². The van der Waals surface area contributed by atoms with Crippen LogP contribution < -0.4 is 10.9 Å². The first-order chi connectivity index (χ1) is 14.5. The smallest absolute Gasteiger partial charge is 0.250 e. The van der Waals surface area contributed by atoms with Crippen LogP contribution in [0.25, 0.3) is 22.4 Å². The van der Waals surface area contributed by atoms with Crippen LogP contribution in [0.3, 0.4) is 0 Å². The van der Waals surface area contributed by atoms with Gasteiger partial charge in [-0.25, -0.2) is 4.98 Å². The highest BCUT2D eigenvalue weighted by Gasteiger charge is 2.18. The molecule has 7 heteroatoms. The predicted octanol–water partition coefficient (Wildman–Crippen LogP) is 3.14. The predicted molar refractivity (Wildman–Crippen MR) is 124 cm³/mol. The van der Waals surface area contributed by atoms with Crippen molar-refractivity contribution < 1.29 is 9.84 Å². The Balaban J connectivity index is 1.74. The normalized spacial score (nSPS) is 14.2. The van der Waals surface area contributed by atoms with Crippen molar-refractivity contribution >= 4 is 11.0 Å². The monoisotopic (exact) mass is 426 g/mol. The summed E-state index contributed by atoms with van der Waals surface area (Å²) in [7, 11) is 1.97. The van der Waals surface area contributed by atoms with Crippen molar-refractivity contribution in [1.82, 2.24) is 19.9 Å². The quantitative estimate of drug-likeness (QED) is 0.515. The number of benzene rings is 1. The zero-order chi connectivity index (χ0) is 22.8. The lowest BCUT2D eigenvalue weighted by atomic mass is 9.99. The van der Waals surface area contributed by atoms with Crippen LogP contribution in [-0.2, 0) is 18.3 Å². The Kier molecular flexibility index (Phi) is 6.99. The van der Waals surface area contributed by atoms with Gasteiger partial charge in [-0.05, 0) is 43.0 Å². The van der Waals surface area contributed by atoms with Gasteiger partial charge in [0.1, 0.15) is 5.82 Å². The summed E-state index contributed by atoms with van der Waals surface area (Å²) in [5.41, 5.74) is 4.52. The SMILES string of the molecule is Cc1cc(-c2nc3cc(CNC(COCC(C)(C)C)[C@@H](C)O)ccc3n2C)c[nH]c1=O. The van der Waals surface area contributed by atoms with Crippen molar-refractivity contribution in [3.63, 3.8) is 0 Å². The summed E-state index contributed by atoms with van der Waals surface area (Å²) < 4.78 is 7.83. The Morgan fingerprint density at radius 3 is 2.68 bits per heavy atom. The number of pyridine rings is 1. The molecule has 1 aromatic carbocycles. The van der Waals surface area contributed by atoms with Gasteiger partial charge in [-0.3, -0.25) is 4.79 Å². The van der Waals surface area contributed by atoms with Crippen LogP contribution >= 0.6 is 0 Å². The molecule has 2 atom stereocenters. The van der Waals surface area contributed by atoms with Gasteiger partial charge in [0.25, 0.3) is 5.56 Å². The fourth-order valence-electron chi connectivity index (χ4n) is 3.45. The number of aromatic nitrogens is 3. The van der Waals surface area contributed by atoms with Crippen molar-refractivity contribution in [3.8, 4) is 11.4 Å². The molecule has 0 aliphatic carbocycles. The topological polar surface area (TPSA) is 92.2 Å². The molecule has 0 spiro atoms. The molecule has 7 nitrogen and oxygen atoms in total. The van der Waals surface area contributed by atoms with Crippen molar-refractivity contribution in [2.24, 2.45) is 12.5 Å². The average molecular weight is 427 g/mol. The zero-order valence-electron chi connectivity index (χ0n) is 19.3. The molecular weight excluding hydrogens is 392 g/mol. The van der Waals surface area contributed by atoms with Crippen molar-refractivity contribution in [2.45, 2.75) is 53.3 Å². The van der Waals surface area contributed by atoms with E-state index in [4.69, 9.17) is 9.72 Å². The second kappa shape index (κ2) is 9.34. The summed E-state index contributed by atoms with van der Waals surface area (Å²) in [6.07, 6.45) is 1.18. The van der Waals surface area contributed by atoms with E-state index >= 15 is 0 Å². The maximum absolute atomic E-state index is 11.7. The first kappa shape index (κ1) is 23.2. The van der Waals surface area contributed by atoms with Gasteiger partial charge in [-0.2, -0.15) is 0 Å². The Morgan fingerprint density at radius 2 is 2.03 bits per heavy atom. The summed E-state index contributed by atoms with van der Waals surface area (Å²) in [6.45, 7) is 11.7. The summed E-state index contributed by atoms with van der Waals surface area (Å²) in [5, 5.41) is 13.5. The molecule has 0 fully saturated rings. The number of rotatable bonds is 8. The fourth-order valence-corrected chi connectivity index (χ4v) is 3.45. The third kappa shape index (κ3) is 5.81. The number of fused-ring (bicyclic) bond motifs is 1. The molecule has 3 aromatic rings. The zero-order valence-corrected chi connectivity index (χ0v) is 19.3. The molecule has 0 amide bonds. The van der Waals surface area contributed by atoms with E-state index in [1.807, 2.05) is 17.7 Å². The molecule has 0 bridgehead atoms. The van der Waals surface area contributed by atoms with Crippen LogP contribution in [0.2, 0.25) is 0 Å². The van der Waals surface area contributed by atoms with Gasteiger partial charge in [-0.15, -0.1) is 0 Å². The van der Waals surface area contributed by atoms with E-state index in [0.29, 0.717) is 25.3 Å². The third-order valence-electron chi connectivity index (χ3n) is 5.28. The number of hydrogen-bond donors (Lipinski definition) is 3. The van der Waals surface area contributed by atoms with Crippen LogP contribution in [-0.4, -0.2) is 45.0 Å². The number of aromatic amines is 1. The third-order valence-corrected chi connectivity index (χ3v) is 5.28. The Morgan fingerprint density at radius 1 is 1.29 bits per heavy atom. The number of nitrogens with zero attached hydrogens (tertiary/aromatic N) is 2. The molecule has 0 saturated carbocycles. The van der Waals surface area contributed by atoms with Crippen LogP contribution in [0.5, 0.6) is 0 Å². The van der Waals surface area contributed by atoms with Crippen molar-refractivity contribution in [3.05, 3.63) is 51.9 Å². The summed E-state index contributed by atoms with van der Waals surface area (Å²) in [4.78, 5) is 19.2. The van der Waals surface area contributed by atoms with Gasteiger partial charge in [0.05, 0.1) is 36.4 Å². The Bertz CT molecular complexity index is 1090. The molecule has 0 aliphatic heterocycles. The lowest BCUT2D eigenvalue weighted by Crippen LogP contribution is -2.42. The highest BCUT2D eigenvalue weighted by molar-refractivity contribution is 5.81. The van der Waals surface area contributed by atoms with E-state index in [1.165, 1.54) is 0 Å². The lowest BCUT2D eigenvalue weighted by molar-refractivity contribution is 0.0242. The first-order valence-electron chi connectivity index (χ1n) is 10.7. The second-order valence-electron chi connectivity index (χ2n) is 9.52. The van der Waals surface area contributed by atoms with E-state index in [0.717, 1.165) is 28.0 Å². The average Bonchev–Trinajstić information content (AvgIpc) is 3.01. The number of ether oxygens (including phenoxy) is 1. The Labute approximate surface area is 183 Å². The number of aliphatic hydroxyl groups is 1. The van der Waals surface area contributed by atoms with Gasteiger partial charge in [-0.1, -0.05) is 26.8 Å². The first-order valence-corrected chi connectivity index (χ1v) is 10.7.